The monoisotopic (exact) mass is 410 g/mol. The van der Waals surface area contributed by atoms with Crippen LogP contribution in [0.15, 0.2) is 36.9 Å². The Balaban J connectivity index is 1.57. The zero-order valence-corrected chi connectivity index (χ0v) is 16.9. The number of ether oxygens (including phenoxy) is 2. The van der Waals surface area contributed by atoms with Crippen molar-refractivity contribution in [2.24, 2.45) is 0 Å². The van der Waals surface area contributed by atoms with Crippen molar-refractivity contribution < 1.29 is 13.9 Å². The number of nitrogens with zero attached hydrogens (tertiary/aromatic N) is 4. The highest BCUT2D eigenvalue weighted by Gasteiger charge is 2.31. The summed E-state index contributed by atoms with van der Waals surface area (Å²) >= 11 is 0. The van der Waals surface area contributed by atoms with Crippen molar-refractivity contribution in [3.05, 3.63) is 48.4 Å². The third-order valence-corrected chi connectivity index (χ3v) is 5.36. The molecule has 4 rings (SSSR count). The third-order valence-electron chi connectivity index (χ3n) is 5.36. The van der Waals surface area contributed by atoms with Gasteiger partial charge >= 0.3 is 0 Å². The lowest BCUT2D eigenvalue weighted by atomic mass is 9.79. The number of aromatic nitrogens is 4. The van der Waals surface area contributed by atoms with Crippen LogP contribution < -0.4 is 20.5 Å². The first kappa shape index (κ1) is 19.8. The fourth-order valence-electron chi connectivity index (χ4n) is 3.34. The SMILES string of the molecule is CC[C@](C)(CNc1cc(-c2cnc(F)c(N)c2)ncn1)c1ccnc2c1OCCO2. The van der Waals surface area contributed by atoms with E-state index in [1.54, 1.807) is 12.3 Å². The second kappa shape index (κ2) is 8.10. The van der Waals surface area contributed by atoms with E-state index in [2.05, 4.69) is 39.1 Å². The number of halogens is 1. The second-order valence-corrected chi connectivity index (χ2v) is 7.35. The van der Waals surface area contributed by atoms with Crippen molar-refractivity contribution in [3.8, 4) is 22.9 Å². The Bertz CT molecular complexity index is 1060. The maximum Gasteiger partial charge on any atom is 0.257 e. The summed E-state index contributed by atoms with van der Waals surface area (Å²) in [4.78, 5) is 16.5. The average Bonchev–Trinajstić information content (AvgIpc) is 2.79. The lowest BCUT2D eigenvalue weighted by Crippen LogP contribution is -2.32. The normalized spacial score (nSPS) is 14.8. The Kier molecular flexibility index (Phi) is 5.35. The molecule has 1 aliphatic heterocycles. The van der Waals surface area contributed by atoms with Gasteiger partial charge in [-0.2, -0.15) is 4.39 Å². The van der Waals surface area contributed by atoms with Crippen molar-refractivity contribution >= 4 is 11.5 Å². The molecule has 156 valence electrons. The van der Waals surface area contributed by atoms with Crippen LogP contribution in [-0.4, -0.2) is 39.7 Å². The largest absolute Gasteiger partial charge is 0.484 e. The van der Waals surface area contributed by atoms with Crippen LogP contribution in [-0.2, 0) is 5.41 Å². The fourth-order valence-corrected chi connectivity index (χ4v) is 3.34. The molecular weight excluding hydrogens is 387 g/mol. The van der Waals surface area contributed by atoms with E-state index in [1.807, 2.05) is 6.07 Å². The molecular formula is C21H23FN6O2. The van der Waals surface area contributed by atoms with Crippen LogP contribution in [0, 0.1) is 5.95 Å². The van der Waals surface area contributed by atoms with Gasteiger partial charge in [-0.05, 0) is 18.6 Å². The summed E-state index contributed by atoms with van der Waals surface area (Å²) in [6.45, 7) is 5.88. The van der Waals surface area contributed by atoms with Crippen LogP contribution in [0.5, 0.6) is 11.6 Å². The summed E-state index contributed by atoms with van der Waals surface area (Å²) in [5, 5.41) is 3.38. The van der Waals surface area contributed by atoms with Crippen LogP contribution in [0.1, 0.15) is 25.8 Å². The summed E-state index contributed by atoms with van der Waals surface area (Å²) in [5.74, 6) is 1.18. The maximum atomic E-state index is 13.4. The molecule has 0 amide bonds. The van der Waals surface area contributed by atoms with E-state index < -0.39 is 5.95 Å². The van der Waals surface area contributed by atoms with E-state index in [0.717, 1.165) is 12.0 Å². The average molecular weight is 410 g/mol. The molecule has 1 atom stereocenters. The van der Waals surface area contributed by atoms with Gasteiger partial charge in [-0.3, -0.25) is 0 Å². The highest BCUT2D eigenvalue weighted by Crippen LogP contribution is 2.40. The quantitative estimate of drug-likeness (QED) is 0.597. The number of nitrogen functional groups attached to an aromatic ring is 1. The molecule has 9 heteroatoms. The summed E-state index contributed by atoms with van der Waals surface area (Å²) in [7, 11) is 0. The molecule has 0 saturated heterocycles. The Morgan fingerprint density at radius 3 is 2.80 bits per heavy atom. The highest BCUT2D eigenvalue weighted by molar-refractivity contribution is 5.65. The third kappa shape index (κ3) is 3.83. The fraction of sp³-hybridized carbons (Fsp3) is 0.333. The van der Waals surface area contributed by atoms with Crippen molar-refractivity contribution in [1.29, 1.82) is 0 Å². The van der Waals surface area contributed by atoms with Gasteiger partial charge in [-0.1, -0.05) is 13.8 Å². The second-order valence-electron chi connectivity index (χ2n) is 7.35. The van der Waals surface area contributed by atoms with Crippen LogP contribution in [0.3, 0.4) is 0 Å². The van der Waals surface area contributed by atoms with E-state index >= 15 is 0 Å². The minimum absolute atomic E-state index is 0.0242. The molecule has 0 bridgehead atoms. The van der Waals surface area contributed by atoms with E-state index in [4.69, 9.17) is 15.2 Å². The Labute approximate surface area is 173 Å². The molecule has 4 heterocycles. The minimum Gasteiger partial charge on any atom is -0.484 e. The summed E-state index contributed by atoms with van der Waals surface area (Å²) in [5.41, 5.74) is 7.60. The number of nitrogens with two attached hydrogens (primary N) is 1. The van der Waals surface area contributed by atoms with Gasteiger partial charge in [0.2, 0.25) is 5.95 Å². The number of nitrogens with one attached hydrogen (secondary N) is 1. The lowest BCUT2D eigenvalue weighted by molar-refractivity contribution is 0.160. The van der Waals surface area contributed by atoms with Gasteiger partial charge < -0.3 is 20.5 Å². The van der Waals surface area contributed by atoms with Crippen molar-refractivity contribution in [2.75, 3.05) is 30.8 Å². The van der Waals surface area contributed by atoms with E-state index in [9.17, 15) is 4.39 Å². The molecule has 0 aliphatic carbocycles. The molecule has 0 fully saturated rings. The minimum atomic E-state index is -0.697. The molecule has 1 aliphatic rings. The first-order valence-corrected chi connectivity index (χ1v) is 9.72. The molecule has 30 heavy (non-hydrogen) atoms. The molecule has 0 radical (unpaired) electrons. The summed E-state index contributed by atoms with van der Waals surface area (Å²) < 4.78 is 24.9. The number of fused-ring (bicyclic) bond motifs is 1. The smallest absolute Gasteiger partial charge is 0.257 e. The molecule has 0 spiro atoms. The van der Waals surface area contributed by atoms with Crippen LogP contribution >= 0.6 is 0 Å². The van der Waals surface area contributed by atoms with Gasteiger partial charge in [0.25, 0.3) is 5.88 Å². The zero-order chi connectivity index (χ0) is 21.1. The zero-order valence-electron chi connectivity index (χ0n) is 16.9. The molecule has 0 saturated carbocycles. The van der Waals surface area contributed by atoms with Crippen LogP contribution in [0.25, 0.3) is 11.3 Å². The van der Waals surface area contributed by atoms with Gasteiger partial charge in [0, 0.05) is 41.5 Å². The topological polar surface area (TPSA) is 108 Å². The van der Waals surface area contributed by atoms with Gasteiger partial charge in [0.15, 0.2) is 5.75 Å². The first-order chi connectivity index (χ1) is 14.5. The van der Waals surface area contributed by atoms with Crippen molar-refractivity contribution in [1.82, 2.24) is 19.9 Å². The summed E-state index contributed by atoms with van der Waals surface area (Å²) in [6, 6.07) is 5.26. The number of hydrogen-bond donors (Lipinski definition) is 2. The van der Waals surface area contributed by atoms with Crippen molar-refractivity contribution in [2.45, 2.75) is 25.7 Å². The van der Waals surface area contributed by atoms with Crippen molar-refractivity contribution in [3.63, 3.8) is 0 Å². The van der Waals surface area contributed by atoms with E-state index in [-0.39, 0.29) is 11.1 Å². The number of pyridine rings is 2. The number of anilines is 2. The van der Waals surface area contributed by atoms with Crippen LogP contribution in [0.2, 0.25) is 0 Å². The summed E-state index contributed by atoms with van der Waals surface area (Å²) in [6.07, 6.45) is 5.45. The lowest BCUT2D eigenvalue weighted by Gasteiger charge is -2.32. The molecule has 3 N–H and O–H groups in total. The number of hydrogen-bond acceptors (Lipinski definition) is 8. The molecule has 0 unspecified atom stereocenters. The first-order valence-electron chi connectivity index (χ1n) is 9.72. The maximum absolute atomic E-state index is 13.4. The van der Waals surface area contributed by atoms with Gasteiger partial charge in [-0.25, -0.2) is 19.9 Å². The number of rotatable bonds is 6. The highest BCUT2D eigenvalue weighted by atomic mass is 19.1. The molecule has 0 aromatic carbocycles. The molecule has 3 aromatic heterocycles. The van der Waals surface area contributed by atoms with Crippen LogP contribution in [0.4, 0.5) is 15.9 Å². The van der Waals surface area contributed by atoms with E-state index in [1.165, 1.54) is 18.6 Å². The molecule has 3 aromatic rings. The van der Waals surface area contributed by atoms with Gasteiger partial charge in [-0.15, -0.1) is 0 Å². The van der Waals surface area contributed by atoms with Gasteiger partial charge in [0.1, 0.15) is 25.4 Å². The molecule has 8 nitrogen and oxygen atoms in total. The Hall–Kier alpha value is -3.49. The Morgan fingerprint density at radius 1 is 1.17 bits per heavy atom. The van der Waals surface area contributed by atoms with Gasteiger partial charge in [0.05, 0.1) is 11.4 Å². The Morgan fingerprint density at radius 2 is 2.00 bits per heavy atom. The van der Waals surface area contributed by atoms with E-state index in [0.29, 0.717) is 48.5 Å². The predicted molar refractivity (Wildman–Crippen MR) is 111 cm³/mol. The predicted octanol–water partition coefficient (Wildman–Crippen LogP) is 3.21. The standard InChI is InChI=1S/C21H23FN6O2/c1-3-21(2,14-4-5-24-20-18(14)29-6-7-30-20)11-26-17-9-16(27-12-28-17)13-8-15(23)19(22)25-10-13/h4-5,8-10,12H,3,6-7,11,23H2,1-2H3,(H,26,27,28)/t21-/m1/s1.